The van der Waals surface area contributed by atoms with Crippen molar-refractivity contribution in [2.24, 2.45) is 0 Å². The summed E-state index contributed by atoms with van der Waals surface area (Å²) in [4.78, 5) is 11.9. The van der Waals surface area contributed by atoms with Gasteiger partial charge in [-0.2, -0.15) is 0 Å². The molecule has 20 heavy (non-hydrogen) atoms. The molecule has 1 amide bonds. The van der Waals surface area contributed by atoms with E-state index in [1.54, 1.807) is 12.1 Å². The molecule has 112 valence electrons. The standard InChI is InChI=1S/C16H25FN2O/c1-4-5-6-11-18-16(20)13(3)19-12(2)14-7-9-15(17)10-8-14/h7-10,12-13,19H,4-6,11H2,1-3H3,(H,18,20). The Balaban J connectivity index is 2.38. The van der Waals surface area contributed by atoms with Crippen LogP contribution in [-0.4, -0.2) is 18.5 Å². The van der Waals surface area contributed by atoms with Crippen molar-refractivity contribution >= 4 is 5.91 Å². The number of unbranched alkanes of at least 4 members (excludes halogenated alkanes) is 2. The summed E-state index contributed by atoms with van der Waals surface area (Å²) >= 11 is 0. The number of halogens is 1. The number of hydrogen-bond acceptors (Lipinski definition) is 2. The van der Waals surface area contributed by atoms with Gasteiger partial charge in [-0.05, 0) is 38.0 Å². The highest BCUT2D eigenvalue weighted by Crippen LogP contribution is 2.13. The van der Waals surface area contributed by atoms with Crippen molar-refractivity contribution in [1.29, 1.82) is 0 Å². The molecule has 0 aromatic heterocycles. The predicted octanol–water partition coefficient (Wildman–Crippen LogP) is 3.17. The number of amides is 1. The summed E-state index contributed by atoms with van der Waals surface area (Å²) in [5.74, 6) is -0.238. The smallest absolute Gasteiger partial charge is 0.236 e. The molecule has 1 rings (SSSR count). The van der Waals surface area contributed by atoms with E-state index in [1.807, 2.05) is 13.8 Å². The first kappa shape index (κ1) is 16.6. The summed E-state index contributed by atoms with van der Waals surface area (Å²) in [6.07, 6.45) is 3.29. The molecule has 0 aliphatic rings. The SMILES string of the molecule is CCCCCNC(=O)C(C)NC(C)c1ccc(F)cc1. The van der Waals surface area contributed by atoms with Gasteiger partial charge in [0.2, 0.25) is 5.91 Å². The van der Waals surface area contributed by atoms with Crippen LogP contribution in [0.2, 0.25) is 0 Å². The zero-order valence-corrected chi connectivity index (χ0v) is 12.6. The molecule has 0 fully saturated rings. The molecule has 1 aromatic carbocycles. The molecule has 0 radical (unpaired) electrons. The van der Waals surface area contributed by atoms with Crippen LogP contribution in [0, 0.1) is 5.82 Å². The fourth-order valence-corrected chi connectivity index (χ4v) is 2.04. The second-order valence-electron chi connectivity index (χ2n) is 5.16. The summed E-state index contributed by atoms with van der Waals surface area (Å²) in [6.45, 7) is 6.67. The van der Waals surface area contributed by atoms with Gasteiger partial charge in [0.1, 0.15) is 5.82 Å². The normalized spacial score (nSPS) is 13.8. The summed E-state index contributed by atoms with van der Waals surface area (Å²) in [5.41, 5.74) is 0.969. The van der Waals surface area contributed by atoms with Crippen LogP contribution in [0.15, 0.2) is 24.3 Å². The summed E-state index contributed by atoms with van der Waals surface area (Å²) in [7, 11) is 0. The molecule has 2 atom stereocenters. The van der Waals surface area contributed by atoms with Crippen molar-refractivity contribution in [2.45, 2.75) is 52.1 Å². The minimum Gasteiger partial charge on any atom is -0.355 e. The number of hydrogen-bond donors (Lipinski definition) is 2. The van der Waals surface area contributed by atoms with E-state index in [4.69, 9.17) is 0 Å². The Morgan fingerprint density at radius 2 is 1.85 bits per heavy atom. The van der Waals surface area contributed by atoms with Gasteiger partial charge < -0.3 is 5.32 Å². The molecule has 0 saturated heterocycles. The molecular formula is C16H25FN2O. The highest BCUT2D eigenvalue weighted by atomic mass is 19.1. The van der Waals surface area contributed by atoms with Gasteiger partial charge in [-0.1, -0.05) is 31.9 Å². The molecule has 2 unspecified atom stereocenters. The van der Waals surface area contributed by atoms with Crippen LogP contribution in [-0.2, 0) is 4.79 Å². The van der Waals surface area contributed by atoms with Crippen molar-refractivity contribution in [1.82, 2.24) is 10.6 Å². The lowest BCUT2D eigenvalue weighted by atomic mass is 10.1. The Bertz CT molecular complexity index is 405. The molecule has 0 saturated carbocycles. The highest BCUT2D eigenvalue weighted by Gasteiger charge is 2.15. The third-order valence-electron chi connectivity index (χ3n) is 3.34. The molecule has 4 heteroatoms. The number of benzene rings is 1. The quantitative estimate of drug-likeness (QED) is 0.718. The van der Waals surface area contributed by atoms with E-state index < -0.39 is 0 Å². The minimum absolute atomic E-state index is 0.00647. The molecule has 0 spiro atoms. The van der Waals surface area contributed by atoms with Crippen LogP contribution < -0.4 is 10.6 Å². The van der Waals surface area contributed by atoms with Crippen molar-refractivity contribution in [2.75, 3.05) is 6.54 Å². The fourth-order valence-electron chi connectivity index (χ4n) is 2.04. The maximum atomic E-state index is 12.9. The van der Waals surface area contributed by atoms with Crippen LogP contribution >= 0.6 is 0 Å². The number of rotatable bonds is 8. The largest absolute Gasteiger partial charge is 0.355 e. The lowest BCUT2D eigenvalue weighted by Gasteiger charge is -2.20. The van der Waals surface area contributed by atoms with Crippen LogP contribution in [0.25, 0.3) is 0 Å². The molecule has 0 bridgehead atoms. The second-order valence-corrected chi connectivity index (χ2v) is 5.16. The maximum absolute atomic E-state index is 12.9. The Morgan fingerprint density at radius 1 is 1.20 bits per heavy atom. The van der Waals surface area contributed by atoms with Gasteiger partial charge in [0.15, 0.2) is 0 Å². The number of carbonyl (C=O) groups excluding carboxylic acids is 1. The molecule has 1 aromatic rings. The van der Waals surface area contributed by atoms with Crippen molar-refractivity contribution in [3.63, 3.8) is 0 Å². The summed E-state index contributed by atoms with van der Waals surface area (Å²) in [5, 5.41) is 6.14. The Hall–Kier alpha value is -1.42. The zero-order chi connectivity index (χ0) is 15.0. The van der Waals surface area contributed by atoms with Crippen molar-refractivity contribution in [3.05, 3.63) is 35.6 Å². The molecule has 0 aliphatic heterocycles. The highest BCUT2D eigenvalue weighted by molar-refractivity contribution is 5.81. The predicted molar refractivity (Wildman–Crippen MR) is 79.9 cm³/mol. The molecular weight excluding hydrogens is 255 g/mol. The fraction of sp³-hybridized carbons (Fsp3) is 0.562. The number of carbonyl (C=O) groups is 1. The van der Waals surface area contributed by atoms with Crippen LogP contribution in [0.5, 0.6) is 0 Å². The van der Waals surface area contributed by atoms with Gasteiger partial charge in [0.05, 0.1) is 6.04 Å². The second kappa shape index (κ2) is 8.69. The van der Waals surface area contributed by atoms with Gasteiger partial charge in [0, 0.05) is 12.6 Å². The van der Waals surface area contributed by atoms with Crippen LogP contribution in [0.1, 0.15) is 51.6 Å². The van der Waals surface area contributed by atoms with E-state index in [0.29, 0.717) is 0 Å². The topological polar surface area (TPSA) is 41.1 Å². The molecule has 2 N–H and O–H groups in total. The Kier molecular flexibility index (Phi) is 7.23. The lowest BCUT2D eigenvalue weighted by molar-refractivity contribution is -0.122. The average molecular weight is 280 g/mol. The summed E-state index contributed by atoms with van der Waals surface area (Å²) < 4.78 is 12.9. The van der Waals surface area contributed by atoms with Gasteiger partial charge >= 0.3 is 0 Å². The van der Waals surface area contributed by atoms with E-state index in [1.165, 1.54) is 12.1 Å². The lowest BCUT2D eigenvalue weighted by Crippen LogP contribution is -2.43. The minimum atomic E-state index is -0.267. The Morgan fingerprint density at radius 3 is 2.45 bits per heavy atom. The third kappa shape index (κ3) is 5.70. The van der Waals surface area contributed by atoms with Crippen molar-refractivity contribution < 1.29 is 9.18 Å². The van der Waals surface area contributed by atoms with Crippen LogP contribution in [0.4, 0.5) is 4.39 Å². The van der Waals surface area contributed by atoms with E-state index in [0.717, 1.165) is 31.4 Å². The summed E-state index contributed by atoms with van der Waals surface area (Å²) in [6, 6.07) is 6.08. The van der Waals surface area contributed by atoms with E-state index in [9.17, 15) is 9.18 Å². The van der Waals surface area contributed by atoms with Crippen molar-refractivity contribution in [3.8, 4) is 0 Å². The van der Waals surface area contributed by atoms with Gasteiger partial charge in [-0.15, -0.1) is 0 Å². The van der Waals surface area contributed by atoms with E-state index in [-0.39, 0.29) is 23.8 Å². The first-order chi connectivity index (χ1) is 9.54. The average Bonchev–Trinajstić information content (AvgIpc) is 2.44. The molecule has 0 heterocycles. The first-order valence-corrected chi connectivity index (χ1v) is 7.33. The van der Waals surface area contributed by atoms with Gasteiger partial charge in [-0.25, -0.2) is 4.39 Å². The number of nitrogens with one attached hydrogen (secondary N) is 2. The van der Waals surface area contributed by atoms with Gasteiger partial charge in [-0.3, -0.25) is 10.1 Å². The maximum Gasteiger partial charge on any atom is 0.236 e. The first-order valence-electron chi connectivity index (χ1n) is 7.33. The monoisotopic (exact) mass is 280 g/mol. The van der Waals surface area contributed by atoms with E-state index in [2.05, 4.69) is 17.6 Å². The molecule has 3 nitrogen and oxygen atoms in total. The zero-order valence-electron chi connectivity index (χ0n) is 12.6. The van der Waals surface area contributed by atoms with E-state index >= 15 is 0 Å². The third-order valence-corrected chi connectivity index (χ3v) is 3.34. The Labute approximate surface area is 121 Å². The molecule has 0 aliphatic carbocycles. The van der Waals surface area contributed by atoms with Crippen LogP contribution in [0.3, 0.4) is 0 Å². The van der Waals surface area contributed by atoms with Gasteiger partial charge in [0.25, 0.3) is 0 Å².